The molecule has 0 atom stereocenters. The normalized spacial score (nSPS) is 14.3. The van der Waals surface area contributed by atoms with Gasteiger partial charge in [0.15, 0.2) is 5.65 Å². The first-order valence-electron chi connectivity index (χ1n) is 7.17. The summed E-state index contributed by atoms with van der Waals surface area (Å²) in [6.07, 6.45) is 4.89. The summed E-state index contributed by atoms with van der Waals surface area (Å²) in [5, 5.41) is 9.80. The smallest absolute Gasteiger partial charge is 0.164 e. The Morgan fingerprint density at radius 2 is 2.04 bits per heavy atom. The van der Waals surface area contributed by atoms with Crippen molar-refractivity contribution in [3.8, 4) is 11.8 Å². The Kier molecular flexibility index (Phi) is 3.20. The van der Waals surface area contributed by atoms with Crippen molar-refractivity contribution in [1.82, 2.24) is 19.9 Å². The molecule has 0 spiro atoms. The van der Waals surface area contributed by atoms with Gasteiger partial charge in [-0.1, -0.05) is 0 Å². The third-order valence-electron chi connectivity index (χ3n) is 3.68. The molecule has 112 valence electrons. The number of hydrogen-bond donors (Lipinski definition) is 0. The van der Waals surface area contributed by atoms with Crippen LogP contribution in [0.4, 0.5) is 5.82 Å². The maximum absolute atomic E-state index is 8.86. The molecule has 7 nitrogen and oxygen atoms in total. The lowest BCUT2D eigenvalue weighted by molar-refractivity contribution is 0.167. The molecule has 1 saturated heterocycles. The van der Waals surface area contributed by atoms with Crippen LogP contribution in [0.1, 0.15) is 5.69 Å². The molecular weight excluding hydrogens is 292 g/mol. The van der Waals surface area contributed by atoms with Crippen molar-refractivity contribution in [3.63, 3.8) is 0 Å². The molecule has 0 saturated carbocycles. The van der Waals surface area contributed by atoms with E-state index in [0.717, 1.165) is 24.3 Å². The lowest BCUT2D eigenvalue weighted by Gasteiger charge is -2.40. The van der Waals surface area contributed by atoms with Gasteiger partial charge >= 0.3 is 0 Å². The SMILES string of the molecule is N#Cc1cc(OC2CN(c3ncnc4ncccc34)C2)ccn1. The topological polar surface area (TPSA) is 87.8 Å². The van der Waals surface area contributed by atoms with E-state index in [1.807, 2.05) is 18.2 Å². The minimum Gasteiger partial charge on any atom is -0.487 e. The number of pyridine rings is 2. The fourth-order valence-electron chi connectivity index (χ4n) is 2.56. The van der Waals surface area contributed by atoms with E-state index < -0.39 is 0 Å². The van der Waals surface area contributed by atoms with Gasteiger partial charge in [-0.05, 0) is 18.2 Å². The second-order valence-electron chi connectivity index (χ2n) is 5.21. The molecule has 0 aliphatic carbocycles. The third kappa shape index (κ3) is 2.51. The van der Waals surface area contributed by atoms with Crippen LogP contribution in [-0.2, 0) is 0 Å². The zero-order chi connectivity index (χ0) is 15.6. The summed E-state index contributed by atoms with van der Waals surface area (Å²) in [6.45, 7) is 1.45. The third-order valence-corrected chi connectivity index (χ3v) is 3.68. The number of hydrogen-bond acceptors (Lipinski definition) is 7. The monoisotopic (exact) mass is 304 g/mol. The molecular formula is C16H12N6O. The first-order valence-corrected chi connectivity index (χ1v) is 7.17. The van der Waals surface area contributed by atoms with Gasteiger partial charge in [-0.3, -0.25) is 0 Å². The van der Waals surface area contributed by atoms with Crippen LogP contribution in [0.3, 0.4) is 0 Å². The minimum atomic E-state index is 0.0608. The van der Waals surface area contributed by atoms with Crippen molar-refractivity contribution in [3.05, 3.63) is 48.7 Å². The van der Waals surface area contributed by atoms with Gasteiger partial charge in [0.25, 0.3) is 0 Å². The number of aromatic nitrogens is 4. The summed E-state index contributed by atoms with van der Waals surface area (Å²) >= 11 is 0. The Balaban J connectivity index is 1.48. The molecule has 1 aliphatic rings. The molecule has 4 heterocycles. The summed E-state index contributed by atoms with van der Waals surface area (Å²) in [7, 11) is 0. The standard InChI is InChI=1S/C16H12N6O/c17-7-11-6-12(3-5-18-11)23-13-8-22(9-13)16-14-2-1-4-19-15(14)20-10-21-16/h1-6,10,13H,8-9H2. The molecule has 1 fully saturated rings. The molecule has 0 amide bonds. The zero-order valence-electron chi connectivity index (χ0n) is 12.1. The summed E-state index contributed by atoms with van der Waals surface area (Å²) in [5.41, 5.74) is 1.04. The van der Waals surface area contributed by atoms with Gasteiger partial charge in [0.1, 0.15) is 35.8 Å². The lowest BCUT2D eigenvalue weighted by Crippen LogP contribution is -2.54. The fourth-order valence-corrected chi connectivity index (χ4v) is 2.56. The molecule has 23 heavy (non-hydrogen) atoms. The number of nitriles is 1. The predicted octanol–water partition coefficient (Wildman–Crippen LogP) is 1.56. The van der Waals surface area contributed by atoms with E-state index in [1.54, 1.807) is 24.5 Å². The molecule has 0 radical (unpaired) electrons. The Hall–Kier alpha value is -3.27. The molecule has 0 bridgehead atoms. The van der Waals surface area contributed by atoms with Crippen molar-refractivity contribution in [2.24, 2.45) is 0 Å². The van der Waals surface area contributed by atoms with E-state index in [2.05, 4.69) is 24.8 Å². The molecule has 0 unspecified atom stereocenters. The summed E-state index contributed by atoms with van der Waals surface area (Å²) < 4.78 is 5.86. The van der Waals surface area contributed by atoms with Crippen LogP contribution in [0.25, 0.3) is 11.0 Å². The van der Waals surface area contributed by atoms with Crippen LogP contribution in [0.15, 0.2) is 43.0 Å². The first-order chi connectivity index (χ1) is 11.3. The maximum Gasteiger partial charge on any atom is 0.164 e. The van der Waals surface area contributed by atoms with Gasteiger partial charge in [-0.15, -0.1) is 0 Å². The Morgan fingerprint density at radius 3 is 2.91 bits per heavy atom. The predicted molar refractivity (Wildman–Crippen MR) is 82.9 cm³/mol. The van der Waals surface area contributed by atoms with Gasteiger partial charge < -0.3 is 9.64 Å². The van der Waals surface area contributed by atoms with Crippen LogP contribution >= 0.6 is 0 Å². The van der Waals surface area contributed by atoms with E-state index in [0.29, 0.717) is 17.1 Å². The fraction of sp³-hybridized carbons (Fsp3) is 0.188. The average Bonchev–Trinajstić information content (AvgIpc) is 2.57. The van der Waals surface area contributed by atoms with Crippen molar-refractivity contribution < 1.29 is 4.74 Å². The molecule has 1 aliphatic heterocycles. The summed E-state index contributed by atoms with van der Waals surface area (Å²) in [5.74, 6) is 1.53. The molecule has 0 aromatic carbocycles. The average molecular weight is 304 g/mol. The molecule has 3 aromatic rings. The van der Waals surface area contributed by atoms with Crippen molar-refractivity contribution in [2.75, 3.05) is 18.0 Å². The molecule has 3 aromatic heterocycles. The summed E-state index contributed by atoms with van der Waals surface area (Å²) in [6, 6.07) is 9.25. The zero-order valence-corrected chi connectivity index (χ0v) is 12.1. The van der Waals surface area contributed by atoms with Gasteiger partial charge in [-0.2, -0.15) is 5.26 Å². The first kappa shape index (κ1) is 13.4. The van der Waals surface area contributed by atoms with Gasteiger partial charge in [0.05, 0.1) is 18.5 Å². The highest BCUT2D eigenvalue weighted by molar-refractivity contribution is 5.86. The Labute approximate surface area is 132 Å². The van der Waals surface area contributed by atoms with Crippen LogP contribution < -0.4 is 9.64 Å². The molecule has 0 N–H and O–H groups in total. The Bertz CT molecular complexity index is 895. The number of rotatable bonds is 3. The second-order valence-corrected chi connectivity index (χ2v) is 5.21. The van der Waals surface area contributed by atoms with E-state index in [9.17, 15) is 0 Å². The number of nitrogens with zero attached hydrogens (tertiary/aromatic N) is 6. The van der Waals surface area contributed by atoms with Crippen LogP contribution in [0, 0.1) is 11.3 Å². The van der Waals surface area contributed by atoms with Gasteiger partial charge in [0, 0.05) is 18.5 Å². The van der Waals surface area contributed by atoms with Crippen molar-refractivity contribution in [2.45, 2.75) is 6.10 Å². The maximum atomic E-state index is 8.86. The van der Waals surface area contributed by atoms with Crippen molar-refractivity contribution >= 4 is 16.9 Å². The van der Waals surface area contributed by atoms with E-state index in [1.165, 1.54) is 6.33 Å². The van der Waals surface area contributed by atoms with Crippen molar-refractivity contribution in [1.29, 1.82) is 5.26 Å². The van der Waals surface area contributed by atoms with Gasteiger partial charge in [-0.25, -0.2) is 19.9 Å². The lowest BCUT2D eigenvalue weighted by atomic mass is 10.1. The largest absolute Gasteiger partial charge is 0.487 e. The van der Waals surface area contributed by atoms with E-state index >= 15 is 0 Å². The van der Waals surface area contributed by atoms with E-state index in [4.69, 9.17) is 10.00 Å². The number of fused-ring (bicyclic) bond motifs is 1. The Morgan fingerprint density at radius 1 is 1.13 bits per heavy atom. The number of anilines is 1. The minimum absolute atomic E-state index is 0.0608. The van der Waals surface area contributed by atoms with Crippen LogP contribution in [0.2, 0.25) is 0 Å². The van der Waals surface area contributed by atoms with E-state index in [-0.39, 0.29) is 6.10 Å². The number of ether oxygens (including phenoxy) is 1. The highest BCUT2D eigenvalue weighted by Crippen LogP contribution is 2.27. The van der Waals surface area contributed by atoms with Gasteiger partial charge in [0.2, 0.25) is 0 Å². The van der Waals surface area contributed by atoms with Crippen LogP contribution in [0.5, 0.6) is 5.75 Å². The highest BCUT2D eigenvalue weighted by Gasteiger charge is 2.30. The molecule has 7 heteroatoms. The van der Waals surface area contributed by atoms with Crippen LogP contribution in [-0.4, -0.2) is 39.1 Å². The quantitative estimate of drug-likeness (QED) is 0.725. The highest BCUT2D eigenvalue weighted by atomic mass is 16.5. The summed E-state index contributed by atoms with van der Waals surface area (Å²) in [4.78, 5) is 18.8. The second kappa shape index (κ2) is 5.50. The molecule has 4 rings (SSSR count).